The lowest BCUT2D eigenvalue weighted by Crippen LogP contribution is -2.39. The van der Waals surface area contributed by atoms with E-state index in [1.54, 1.807) is 11.6 Å². The Labute approximate surface area is 134 Å². The molecule has 1 aliphatic heterocycles. The van der Waals surface area contributed by atoms with E-state index >= 15 is 0 Å². The van der Waals surface area contributed by atoms with Crippen molar-refractivity contribution in [2.24, 2.45) is 13.0 Å². The van der Waals surface area contributed by atoms with Crippen molar-refractivity contribution in [1.29, 1.82) is 0 Å². The molecule has 0 radical (unpaired) electrons. The van der Waals surface area contributed by atoms with Gasteiger partial charge < -0.3 is 0 Å². The minimum absolute atomic E-state index is 0.0783. The molecule has 2 aromatic heterocycles. The van der Waals surface area contributed by atoms with Crippen molar-refractivity contribution in [3.8, 4) is 0 Å². The van der Waals surface area contributed by atoms with Gasteiger partial charge in [-0.05, 0) is 18.8 Å². The molecule has 9 heteroatoms. The van der Waals surface area contributed by atoms with Gasteiger partial charge in [0, 0.05) is 45.1 Å². The molecule has 0 saturated carbocycles. The molecule has 0 atom stereocenters. The third-order valence-corrected chi connectivity index (χ3v) is 5.99. The lowest BCUT2D eigenvalue weighted by Gasteiger charge is -2.31. The van der Waals surface area contributed by atoms with Crippen LogP contribution in [0.1, 0.15) is 12.8 Å². The first-order valence-electron chi connectivity index (χ1n) is 7.46. The summed E-state index contributed by atoms with van der Waals surface area (Å²) in [6, 6.07) is 1.43. The Bertz CT molecular complexity index is 834. The van der Waals surface area contributed by atoms with Crippen molar-refractivity contribution in [2.45, 2.75) is 24.3 Å². The Morgan fingerprint density at radius 2 is 2.04 bits per heavy atom. The van der Waals surface area contributed by atoms with Gasteiger partial charge in [-0.1, -0.05) is 0 Å². The Hall–Kier alpha value is -2.00. The summed E-state index contributed by atoms with van der Waals surface area (Å²) in [5.74, 6) is 0.275. The molecule has 2 aromatic rings. The number of hydrogen-bond acceptors (Lipinski definition) is 5. The Kier molecular flexibility index (Phi) is 4.31. The van der Waals surface area contributed by atoms with E-state index in [4.69, 9.17) is 0 Å². The van der Waals surface area contributed by atoms with Gasteiger partial charge in [0.05, 0.1) is 12.5 Å². The van der Waals surface area contributed by atoms with Crippen LogP contribution in [0.15, 0.2) is 40.7 Å². The summed E-state index contributed by atoms with van der Waals surface area (Å²) in [6.07, 6.45) is 7.33. The largest absolute Gasteiger partial charge is 0.299 e. The number of piperidine rings is 1. The quantitative estimate of drug-likeness (QED) is 0.788. The van der Waals surface area contributed by atoms with E-state index in [-0.39, 0.29) is 16.4 Å². The van der Waals surface area contributed by atoms with Gasteiger partial charge in [0.25, 0.3) is 5.56 Å². The third-order valence-electron chi connectivity index (χ3n) is 4.14. The lowest BCUT2D eigenvalue weighted by atomic mass is 9.98. The van der Waals surface area contributed by atoms with E-state index < -0.39 is 10.0 Å². The van der Waals surface area contributed by atoms with Crippen LogP contribution in [0.25, 0.3) is 0 Å². The average molecular weight is 337 g/mol. The van der Waals surface area contributed by atoms with Crippen LogP contribution in [-0.4, -0.2) is 45.1 Å². The lowest BCUT2D eigenvalue weighted by molar-refractivity contribution is 0.251. The van der Waals surface area contributed by atoms with E-state index in [1.165, 1.54) is 40.0 Å². The predicted molar refractivity (Wildman–Crippen MR) is 83.2 cm³/mol. The van der Waals surface area contributed by atoms with Crippen LogP contribution >= 0.6 is 0 Å². The fraction of sp³-hybridized carbons (Fsp3) is 0.500. The molecule has 3 heterocycles. The van der Waals surface area contributed by atoms with Crippen molar-refractivity contribution >= 4 is 10.0 Å². The molecular formula is C14H19N5O3S. The minimum Gasteiger partial charge on any atom is -0.299 e. The summed E-state index contributed by atoms with van der Waals surface area (Å²) in [5.41, 5.74) is -0.0783. The van der Waals surface area contributed by atoms with Gasteiger partial charge in [-0.3, -0.25) is 14.0 Å². The predicted octanol–water partition coefficient (Wildman–Crippen LogP) is 0.0777. The Morgan fingerprint density at radius 3 is 2.65 bits per heavy atom. The second kappa shape index (κ2) is 6.25. The summed E-state index contributed by atoms with van der Waals surface area (Å²) in [4.78, 5) is 15.9. The highest BCUT2D eigenvalue weighted by atomic mass is 32.2. The van der Waals surface area contributed by atoms with Crippen molar-refractivity contribution < 1.29 is 8.42 Å². The summed E-state index contributed by atoms with van der Waals surface area (Å²) in [5, 5.41) is 3.92. The van der Waals surface area contributed by atoms with E-state index in [0.29, 0.717) is 19.6 Å². The molecule has 23 heavy (non-hydrogen) atoms. The van der Waals surface area contributed by atoms with Crippen molar-refractivity contribution in [2.75, 3.05) is 13.1 Å². The second-order valence-electron chi connectivity index (χ2n) is 5.77. The van der Waals surface area contributed by atoms with Gasteiger partial charge in [-0.15, -0.1) is 0 Å². The number of nitrogens with zero attached hydrogens (tertiary/aromatic N) is 5. The zero-order valence-electron chi connectivity index (χ0n) is 12.9. The Morgan fingerprint density at radius 1 is 1.30 bits per heavy atom. The van der Waals surface area contributed by atoms with Crippen LogP contribution in [0.3, 0.4) is 0 Å². The molecule has 0 spiro atoms. The molecule has 1 fully saturated rings. The summed E-state index contributed by atoms with van der Waals surface area (Å²) in [6.45, 7) is 1.49. The number of hydrogen-bond donors (Lipinski definition) is 0. The number of aromatic nitrogens is 4. The average Bonchev–Trinajstić information content (AvgIpc) is 2.98. The van der Waals surface area contributed by atoms with Gasteiger partial charge in [-0.2, -0.15) is 9.40 Å². The molecular weight excluding hydrogens is 318 g/mol. The van der Waals surface area contributed by atoms with Crippen LogP contribution in [0.5, 0.6) is 0 Å². The molecule has 124 valence electrons. The smallest absolute Gasteiger partial charge is 0.253 e. The summed E-state index contributed by atoms with van der Waals surface area (Å²) < 4.78 is 29.6. The molecule has 0 aromatic carbocycles. The molecule has 0 unspecified atom stereocenters. The first-order chi connectivity index (χ1) is 11.0. The van der Waals surface area contributed by atoms with Crippen LogP contribution in [-0.2, 0) is 23.6 Å². The first-order valence-corrected chi connectivity index (χ1v) is 8.90. The normalized spacial score (nSPS) is 17.4. The van der Waals surface area contributed by atoms with E-state index in [1.807, 2.05) is 0 Å². The fourth-order valence-corrected chi connectivity index (χ4v) is 4.26. The van der Waals surface area contributed by atoms with Gasteiger partial charge in [0.1, 0.15) is 4.90 Å². The van der Waals surface area contributed by atoms with Gasteiger partial charge in [-0.25, -0.2) is 13.4 Å². The topological polar surface area (TPSA) is 90.1 Å². The Balaban J connectivity index is 1.64. The molecule has 3 rings (SSSR count). The molecule has 8 nitrogen and oxygen atoms in total. The zero-order valence-corrected chi connectivity index (χ0v) is 13.7. The number of sulfonamides is 1. The van der Waals surface area contributed by atoms with Crippen LogP contribution in [0.4, 0.5) is 0 Å². The maximum atomic E-state index is 12.5. The SMILES string of the molecule is Cn1cc(S(=O)(=O)N2CCC(Cn3cnccc3=O)CC2)cn1. The molecule has 0 bridgehead atoms. The summed E-state index contributed by atoms with van der Waals surface area (Å²) in [7, 11) is -1.79. The molecule has 1 saturated heterocycles. The van der Waals surface area contributed by atoms with Gasteiger partial charge in [0.15, 0.2) is 0 Å². The van der Waals surface area contributed by atoms with Crippen molar-refractivity contribution in [1.82, 2.24) is 23.6 Å². The maximum Gasteiger partial charge on any atom is 0.253 e. The minimum atomic E-state index is -3.48. The molecule has 0 N–H and O–H groups in total. The zero-order chi connectivity index (χ0) is 16.4. The molecule has 0 amide bonds. The monoisotopic (exact) mass is 337 g/mol. The fourth-order valence-electron chi connectivity index (χ4n) is 2.81. The van der Waals surface area contributed by atoms with Crippen molar-refractivity contribution in [3.63, 3.8) is 0 Å². The maximum absolute atomic E-state index is 12.5. The van der Waals surface area contributed by atoms with Crippen LogP contribution in [0, 0.1) is 5.92 Å². The third kappa shape index (κ3) is 3.35. The highest BCUT2D eigenvalue weighted by molar-refractivity contribution is 7.89. The highest BCUT2D eigenvalue weighted by Gasteiger charge is 2.30. The van der Waals surface area contributed by atoms with E-state index in [2.05, 4.69) is 10.1 Å². The molecule has 1 aliphatic rings. The van der Waals surface area contributed by atoms with E-state index in [9.17, 15) is 13.2 Å². The van der Waals surface area contributed by atoms with Crippen LogP contribution in [0.2, 0.25) is 0 Å². The standard InChI is InChI=1S/C14H19N5O3S/c1-17-10-13(8-16-17)23(21,22)19-6-3-12(4-7-19)9-18-11-15-5-2-14(18)20/h2,5,8,10-12H,3-4,6-7,9H2,1H3. The number of aryl methyl sites for hydroxylation is 1. The van der Waals surface area contributed by atoms with Crippen LogP contribution < -0.4 is 5.56 Å². The number of rotatable bonds is 4. The first kappa shape index (κ1) is 15.9. The van der Waals surface area contributed by atoms with Gasteiger partial charge >= 0.3 is 0 Å². The van der Waals surface area contributed by atoms with Gasteiger partial charge in [0.2, 0.25) is 10.0 Å². The second-order valence-corrected chi connectivity index (χ2v) is 7.71. The summed E-state index contributed by atoms with van der Waals surface area (Å²) >= 11 is 0. The highest BCUT2D eigenvalue weighted by Crippen LogP contribution is 2.24. The van der Waals surface area contributed by atoms with Crippen molar-refractivity contribution in [3.05, 3.63) is 41.3 Å². The van der Waals surface area contributed by atoms with E-state index in [0.717, 1.165) is 12.8 Å². The molecule has 0 aliphatic carbocycles.